The Bertz CT molecular complexity index is 662. The average molecular weight is 286 g/mol. The van der Waals surface area contributed by atoms with Crippen molar-refractivity contribution in [1.82, 2.24) is 0 Å². The smallest absolute Gasteiger partial charge is 0.118 e. The van der Waals surface area contributed by atoms with Gasteiger partial charge in [-0.2, -0.15) is 0 Å². The van der Waals surface area contributed by atoms with Crippen LogP contribution in [0.4, 0.5) is 0 Å². The lowest BCUT2D eigenvalue weighted by atomic mass is 9.77. The van der Waals surface area contributed by atoms with E-state index in [1.54, 1.807) is 16.0 Å². The van der Waals surface area contributed by atoms with Crippen LogP contribution in [0.3, 0.4) is 0 Å². The number of halogens is 1. The van der Waals surface area contributed by atoms with Crippen LogP contribution in [0.15, 0.2) is 36.4 Å². The third-order valence-corrected chi connectivity index (χ3v) is 4.91. The van der Waals surface area contributed by atoms with Crippen molar-refractivity contribution < 1.29 is 17.3 Å². The van der Waals surface area contributed by atoms with Crippen molar-refractivity contribution in [2.45, 2.75) is 25.8 Å². The number of likely N-dealkylation sites (N-methyl/N-ethyl adjacent to an activating group) is 1. The van der Waals surface area contributed by atoms with Gasteiger partial charge in [-0.3, -0.25) is 0 Å². The monoisotopic (exact) mass is 285 g/mol. The van der Waals surface area contributed by atoms with Crippen LogP contribution in [0, 0.1) is 6.92 Å². The molecular weight excluding hydrogens is 266 g/mol. The minimum Gasteiger partial charge on any atom is -1.00 e. The van der Waals surface area contributed by atoms with Crippen LogP contribution in [-0.4, -0.2) is 13.6 Å². The molecule has 1 nitrogen and oxygen atoms in total. The van der Waals surface area contributed by atoms with Crippen molar-refractivity contribution in [3.8, 4) is 11.1 Å². The molecule has 0 fully saturated rings. The lowest BCUT2D eigenvalue weighted by molar-refractivity contribution is -0.914. The van der Waals surface area contributed by atoms with Gasteiger partial charge >= 0.3 is 0 Å². The molecule has 20 heavy (non-hydrogen) atoms. The molecule has 0 bridgehead atoms. The summed E-state index contributed by atoms with van der Waals surface area (Å²) in [5, 5.41) is 0. The molecule has 2 atom stereocenters. The molecule has 2 heteroatoms. The zero-order valence-corrected chi connectivity index (χ0v) is 12.8. The number of hydrogen-bond acceptors (Lipinski definition) is 0. The van der Waals surface area contributed by atoms with Gasteiger partial charge in [0.1, 0.15) is 6.04 Å². The van der Waals surface area contributed by atoms with Gasteiger partial charge in [0.2, 0.25) is 0 Å². The first-order chi connectivity index (χ1) is 9.24. The number of aryl methyl sites for hydroxylation is 1. The Morgan fingerprint density at radius 3 is 2.75 bits per heavy atom. The van der Waals surface area contributed by atoms with Gasteiger partial charge < -0.3 is 17.3 Å². The molecule has 0 saturated heterocycles. The van der Waals surface area contributed by atoms with Crippen molar-refractivity contribution in [3.05, 3.63) is 58.7 Å². The van der Waals surface area contributed by atoms with E-state index in [9.17, 15) is 0 Å². The summed E-state index contributed by atoms with van der Waals surface area (Å²) in [7, 11) is 2.35. The number of fused-ring (bicyclic) bond motifs is 2. The molecule has 4 rings (SSSR count). The summed E-state index contributed by atoms with van der Waals surface area (Å²) in [6, 6.07) is 14.5. The number of hydrogen-bond donors (Lipinski definition) is 1. The van der Waals surface area contributed by atoms with E-state index in [1.807, 2.05) is 0 Å². The molecule has 1 heterocycles. The number of rotatable bonds is 0. The molecule has 1 N–H and O–H groups in total. The highest BCUT2D eigenvalue weighted by atomic mass is 35.5. The lowest BCUT2D eigenvalue weighted by Crippen LogP contribution is -3.10. The van der Waals surface area contributed by atoms with E-state index in [0.717, 1.165) is 0 Å². The van der Waals surface area contributed by atoms with Gasteiger partial charge in [-0.15, -0.1) is 0 Å². The Labute approximate surface area is 127 Å². The van der Waals surface area contributed by atoms with Gasteiger partial charge in [0.25, 0.3) is 0 Å². The first-order valence-electron chi connectivity index (χ1n) is 7.28. The second kappa shape index (κ2) is 4.91. The fourth-order valence-electron chi connectivity index (χ4n) is 3.85. The minimum atomic E-state index is 0. The van der Waals surface area contributed by atoms with E-state index in [2.05, 4.69) is 50.4 Å². The molecule has 2 aliphatic rings. The SMILES string of the molecule is Cc1ccc2c(c1)-c1cccc3c1[C@H](C2)[NH+](C)CC3.[Cl-]. The highest BCUT2D eigenvalue weighted by Gasteiger charge is 2.35. The summed E-state index contributed by atoms with van der Waals surface area (Å²) in [5.74, 6) is 0. The summed E-state index contributed by atoms with van der Waals surface area (Å²) < 4.78 is 0. The molecule has 0 radical (unpaired) electrons. The third-order valence-electron chi connectivity index (χ3n) is 4.91. The van der Waals surface area contributed by atoms with Crippen LogP contribution in [-0.2, 0) is 12.8 Å². The van der Waals surface area contributed by atoms with Crippen molar-refractivity contribution in [1.29, 1.82) is 0 Å². The lowest BCUT2D eigenvalue weighted by Gasteiger charge is -2.37. The number of nitrogens with one attached hydrogen (secondary N) is 1. The first-order valence-corrected chi connectivity index (χ1v) is 7.28. The van der Waals surface area contributed by atoms with Gasteiger partial charge in [-0.05, 0) is 29.2 Å². The van der Waals surface area contributed by atoms with E-state index >= 15 is 0 Å². The molecule has 0 amide bonds. The zero-order chi connectivity index (χ0) is 13.0. The van der Waals surface area contributed by atoms with Crippen molar-refractivity contribution in [2.75, 3.05) is 13.6 Å². The molecule has 2 aromatic rings. The molecule has 0 aromatic heterocycles. The first kappa shape index (κ1) is 13.7. The van der Waals surface area contributed by atoms with Crippen molar-refractivity contribution >= 4 is 0 Å². The average Bonchev–Trinajstić information content (AvgIpc) is 2.43. The minimum absolute atomic E-state index is 0. The second-order valence-electron chi connectivity index (χ2n) is 6.14. The zero-order valence-electron chi connectivity index (χ0n) is 12.0. The largest absolute Gasteiger partial charge is 1.00 e. The highest BCUT2D eigenvalue weighted by molar-refractivity contribution is 5.75. The van der Waals surface area contributed by atoms with E-state index < -0.39 is 0 Å². The van der Waals surface area contributed by atoms with Gasteiger partial charge in [-0.1, -0.05) is 42.0 Å². The summed E-state index contributed by atoms with van der Waals surface area (Å²) in [5.41, 5.74) is 9.08. The molecule has 104 valence electrons. The van der Waals surface area contributed by atoms with Crippen LogP contribution in [0.25, 0.3) is 11.1 Å². The Kier molecular flexibility index (Phi) is 3.35. The number of quaternary nitrogens is 1. The molecule has 0 saturated carbocycles. The second-order valence-corrected chi connectivity index (χ2v) is 6.14. The highest BCUT2D eigenvalue weighted by Crippen LogP contribution is 2.40. The van der Waals surface area contributed by atoms with Crippen LogP contribution in [0.5, 0.6) is 0 Å². The molecule has 0 spiro atoms. The topological polar surface area (TPSA) is 4.44 Å². The van der Waals surface area contributed by atoms with E-state index in [-0.39, 0.29) is 12.4 Å². The Balaban J connectivity index is 0.00000121. The maximum Gasteiger partial charge on any atom is 0.118 e. The summed E-state index contributed by atoms with van der Waals surface area (Å²) in [4.78, 5) is 1.67. The van der Waals surface area contributed by atoms with Crippen molar-refractivity contribution in [2.24, 2.45) is 0 Å². The molecular formula is C18H20ClN. The molecule has 2 aromatic carbocycles. The van der Waals surface area contributed by atoms with Crippen molar-refractivity contribution in [3.63, 3.8) is 0 Å². The third kappa shape index (κ3) is 1.88. The van der Waals surface area contributed by atoms with Crippen LogP contribution in [0.1, 0.15) is 28.3 Å². The number of benzene rings is 2. The van der Waals surface area contributed by atoms with Crippen LogP contribution < -0.4 is 17.3 Å². The Hall–Kier alpha value is -1.31. The molecule has 1 unspecified atom stereocenters. The normalized spacial score (nSPS) is 22.5. The Morgan fingerprint density at radius 2 is 1.90 bits per heavy atom. The predicted octanol–water partition coefficient (Wildman–Crippen LogP) is -0.666. The Morgan fingerprint density at radius 1 is 1.05 bits per heavy atom. The van der Waals surface area contributed by atoms with E-state index in [4.69, 9.17) is 0 Å². The maximum absolute atomic E-state index is 2.37. The van der Waals surface area contributed by atoms with Gasteiger partial charge in [0, 0.05) is 18.4 Å². The fourth-order valence-corrected chi connectivity index (χ4v) is 3.85. The maximum atomic E-state index is 2.37. The van der Waals surface area contributed by atoms with Crippen LogP contribution in [0.2, 0.25) is 0 Å². The van der Waals surface area contributed by atoms with Gasteiger partial charge in [-0.25, -0.2) is 0 Å². The molecule has 1 aliphatic heterocycles. The van der Waals surface area contributed by atoms with Crippen LogP contribution >= 0.6 is 0 Å². The fraction of sp³-hybridized carbons (Fsp3) is 0.333. The van der Waals surface area contributed by atoms with Gasteiger partial charge in [0.15, 0.2) is 0 Å². The predicted molar refractivity (Wildman–Crippen MR) is 78.5 cm³/mol. The molecule has 1 aliphatic carbocycles. The summed E-state index contributed by atoms with van der Waals surface area (Å²) >= 11 is 0. The summed E-state index contributed by atoms with van der Waals surface area (Å²) in [6.45, 7) is 3.46. The van der Waals surface area contributed by atoms with E-state index in [1.165, 1.54) is 41.6 Å². The van der Waals surface area contributed by atoms with Gasteiger partial charge in [0.05, 0.1) is 13.6 Å². The van der Waals surface area contributed by atoms with E-state index in [0.29, 0.717) is 6.04 Å². The quantitative estimate of drug-likeness (QED) is 0.655. The standard InChI is InChI=1S/C18H19N.ClH/c1-12-6-7-14-11-17-18-13(8-9-19(17)2)4-3-5-15(18)16(14)10-12;/h3-7,10,17H,8-9,11H2,1-2H3;1H/t17-;/m0./s1. The summed E-state index contributed by atoms with van der Waals surface area (Å²) in [6.07, 6.45) is 2.43.